The van der Waals surface area contributed by atoms with Crippen molar-refractivity contribution in [1.29, 1.82) is 0 Å². The zero-order valence-corrected chi connectivity index (χ0v) is 14.0. The Balaban J connectivity index is 1.85. The van der Waals surface area contributed by atoms with Crippen molar-refractivity contribution in [3.8, 4) is 0 Å². The van der Waals surface area contributed by atoms with E-state index >= 15 is 0 Å². The number of carbonyl (C=O) groups is 1. The molecule has 0 saturated heterocycles. The highest BCUT2D eigenvalue weighted by Gasteiger charge is 2.34. The van der Waals surface area contributed by atoms with Crippen LogP contribution in [0.1, 0.15) is 30.0 Å². The van der Waals surface area contributed by atoms with E-state index in [1.165, 1.54) is 12.1 Å². The highest BCUT2D eigenvalue weighted by atomic mass is 79.9. The first-order valence-electron chi connectivity index (χ1n) is 7.13. The van der Waals surface area contributed by atoms with Gasteiger partial charge in [0.2, 0.25) is 11.8 Å². The van der Waals surface area contributed by atoms with Crippen LogP contribution in [0, 0.1) is 5.82 Å². The second kappa shape index (κ2) is 6.42. The van der Waals surface area contributed by atoms with Crippen LogP contribution in [-0.4, -0.2) is 33.1 Å². The number of aromatic nitrogens is 3. The second-order valence-electron chi connectivity index (χ2n) is 5.46. The standard InChI is InChI=1S/C14H13BrF3N5O/c1-6-4-10(11(17)18)23-14(19-6)21-12(22-23)13(24)20-9-3-2-7(15)5-8(9)16/h2-3,5-6,10-11H,4H2,1H3,(H,20,24)(H,19,21,22)/t6-,10-/m1/s1. The maximum atomic E-state index is 13.8. The van der Waals surface area contributed by atoms with Crippen LogP contribution >= 0.6 is 15.9 Å². The maximum absolute atomic E-state index is 13.8. The zero-order chi connectivity index (χ0) is 17.4. The molecule has 128 valence electrons. The number of halogens is 4. The summed E-state index contributed by atoms with van der Waals surface area (Å²) >= 11 is 3.11. The van der Waals surface area contributed by atoms with E-state index in [0.717, 1.165) is 4.68 Å². The van der Waals surface area contributed by atoms with Crippen LogP contribution in [0.25, 0.3) is 0 Å². The molecule has 1 amide bonds. The molecule has 2 heterocycles. The van der Waals surface area contributed by atoms with Crippen LogP contribution in [0.2, 0.25) is 0 Å². The molecule has 0 saturated carbocycles. The summed E-state index contributed by atoms with van der Waals surface area (Å²) in [6.07, 6.45) is -2.47. The molecule has 2 aromatic rings. The SMILES string of the molecule is C[C@@H]1C[C@H](C(F)F)n2nc(C(=O)Nc3ccc(Br)cc3F)nc2N1. The minimum atomic E-state index is -2.63. The van der Waals surface area contributed by atoms with Crippen LogP contribution in [0.3, 0.4) is 0 Å². The average Bonchev–Trinajstić information content (AvgIpc) is 2.92. The number of anilines is 2. The molecule has 1 aliphatic rings. The van der Waals surface area contributed by atoms with Crippen molar-refractivity contribution >= 4 is 33.5 Å². The van der Waals surface area contributed by atoms with Gasteiger partial charge in [-0.3, -0.25) is 4.79 Å². The van der Waals surface area contributed by atoms with E-state index in [0.29, 0.717) is 4.47 Å². The normalized spacial score (nSPS) is 19.8. The Bertz CT molecular complexity index is 782. The zero-order valence-electron chi connectivity index (χ0n) is 12.4. The van der Waals surface area contributed by atoms with Crippen molar-refractivity contribution < 1.29 is 18.0 Å². The average molecular weight is 404 g/mol. The molecule has 0 fully saturated rings. The Kier molecular flexibility index (Phi) is 4.48. The molecule has 3 rings (SSSR count). The maximum Gasteiger partial charge on any atom is 0.295 e. The van der Waals surface area contributed by atoms with E-state index in [4.69, 9.17) is 0 Å². The van der Waals surface area contributed by atoms with E-state index in [1.54, 1.807) is 13.0 Å². The quantitative estimate of drug-likeness (QED) is 0.823. The number of alkyl halides is 2. The Morgan fingerprint density at radius 1 is 1.50 bits per heavy atom. The number of fused-ring (bicyclic) bond motifs is 1. The van der Waals surface area contributed by atoms with Crippen molar-refractivity contribution in [3.05, 3.63) is 34.3 Å². The van der Waals surface area contributed by atoms with E-state index in [9.17, 15) is 18.0 Å². The number of amides is 1. The molecule has 1 aliphatic heterocycles. The fourth-order valence-electron chi connectivity index (χ4n) is 2.47. The molecule has 1 aromatic heterocycles. The van der Waals surface area contributed by atoms with Crippen LogP contribution in [0.4, 0.5) is 24.8 Å². The van der Waals surface area contributed by atoms with Gasteiger partial charge in [0.25, 0.3) is 12.3 Å². The summed E-state index contributed by atoms with van der Waals surface area (Å²) in [5, 5.41) is 9.08. The fraction of sp³-hybridized carbons (Fsp3) is 0.357. The third kappa shape index (κ3) is 3.23. The molecule has 2 N–H and O–H groups in total. The molecular weight excluding hydrogens is 391 g/mol. The monoisotopic (exact) mass is 403 g/mol. The van der Waals surface area contributed by atoms with E-state index in [-0.39, 0.29) is 29.9 Å². The number of nitrogens with one attached hydrogen (secondary N) is 2. The molecular formula is C14H13BrF3N5O. The molecule has 0 unspecified atom stereocenters. The van der Waals surface area contributed by atoms with E-state index in [2.05, 4.69) is 36.6 Å². The lowest BCUT2D eigenvalue weighted by Crippen LogP contribution is -2.33. The summed E-state index contributed by atoms with van der Waals surface area (Å²) in [4.78, 5) is 16.1. The predicted molar refractivity (Wildman–Crippen MR) is 84.8 cm³/mol. The molecule has 0 spiro atoms. The van der Waals surface area contributed by atoms with Gasteiger partial charge < -0.3 is 10.6 Å². The summed E-state index contributed by atoms with van der Waals surface area (Å²) in [5.74, 6) is -1.63. The highest BCUT2D eigenvalue weighted by Crippen LogP contribution is 2.30. The lowest BCUT2D eigenvalue weighted by molar-refractivity contribution is 0.0662. The Morgan fingerprint density at radius 3 is 2.92 bits per heavy atom. The molecule has 0 bridgehead atoms. The number of hydrogen-bond acceptors (Lipinski definition) is 4. The van der Waals surface area contributed by atoms with Gasteiger partial charge in [-0.1, -0.05) is 15.9 Å². The minimum Gasteiger partial charge on any atom is -0.352 e. The molecule has 6 nitrogen and oxygen atoms in total. The van der Waals surface area contributed by atoms with Crippen LogP contribution in [0.15, 0.2) is 22.7 Å². The molecule has 2 atom stereocenters. The largest absolute Gasteiger partial charge is 0.352 e. The molecule has 24 heavy (non-hydrogen) atoms. The predicted octanol–water partition coefficient (Wildman–Crippen LogP) is 3.44. The molecule has 1 aromatic carbocycles. The third-order valence-electron chi connectivity index (χ3n) is 3.59. The summed E-state index contributed by atoms with van der Waals surface area (Å²) in [6, 6.07) is 2.74. The van der Waals surface area contributed by atoms with Crippen molar-refractivity contribution in [1.82, 2.24) is 14.8 Å². The van der Waals surface area contributed by atoms with Crippen LogP contribution in [0.5, 0.6) is 0 Å². The number of carbonyl (C=O) groups excluding carboxylic acids is 1. The van der Waals surface area contributed by atoms with Crippen molar-refractivity contribution in [2.24, 2.45) is 0 Å². The number of nitrogens with zero attached hydrogens (tertiary/aromatic N) is 3. The number of hydrogen-bond donors (Lipinski definition) is 2. The number of rotatable bonds is 3. The van der Waals surface area contributed by atoms with E-state index < -0.39 is 24.2 Å². The molecule has 0 aliphatic carbocycles. The summed E-state index contributed by atoms with van der Waals surface area (Å²) < 4.78 is 41.6. The van der Waals surface area contributed by atoms with E-state index in [1.807, 2.05) is 0 Å². The summed E-state index contributed by atoms with van der Waals surface area (Å²) in [7, 11) is 0. The Hall–Kier alpha value is -2.10. The van der Waals surface area contributed by atoms with Gasteiger partial charge in [-0.15, -0.1) is 5.10 Å². The molecule has 10 heteroatoms. The smallest absolute Gasteiger partial charge is 0.295 e. The van der Waals surface area contributed by atoms with Gasteiger partial charge in [0, 0.05) is 10.5 Å². The minimum absolute atomic E-state index is 0.0530. The number of benzene rings is 1. The lowest BCUT2D eigenvalue weighted by Gasteiger charge is -2.28. The van der Waals surface area contributed by atoms with Gasteiger partial charge in [0.15, 0.2) is 0 Å². The van der Waals surface area contributed by atoms with Gasteiger partial charge in [0.1, 0.15) is 11.9 Å². The van der Waals surface area contributed by atoms with Gasteiger partial charge >= 0.3 is 0 Å². The van der Waals surface area contributed by atoms with Gasteiger partial charge in [-0.05, 0) is 31.5 Å². The van der Waals surface area contributed by atoms with Crippen LogP contribution < -0.4 is 10.6 Å². The fourth-order valence-corrected chi connectivity index (χ4v) is 2.80. The Morgan fingerprint density at radius 2 is 2.25 bits per heavy atom. The van der Waals surface area contributed by atoms with Crippen molar-refractivity contribution in [3.63, 3.8) is 0 Å². The van der Waals surface area contributed by atoms with Crippen molar-refractivity contribution in [2.75, 3.05) is 10.6 Å². The van der Waals surface area contributed by atoms with Crippen LogP contribution in [-0.2, 0) is 0 Å². The summed E-state index contributed by atoms with van der Waals surface area (Å²) in [6.45, 7) is 1.74. The molecule has 0 radical (unpaired) electrons. The van der Waals surface area contributed by atoms with Gasteiger partial charge in [-0.2, -0.15) is 4.98 Å². The highest BCUT2D eigenvalue weighted by molar-refractivity contribution is 9.10. The third-order valence-corrected chi connectivity index (χ3v) is 4.08. The lowest BCUT2D eigenvalue weighted by atomic mass is 10.1. The first-order chi connectivity index (χ1) is 11.3. The Labute approximate surface area is 143 Å². The second-order valence-corrected chi connectivity index (χ2v) is 6.38. The van der Waals surface area contributed by atoms with Gasteiger partial charge in [-0.25, -0.2) is 17.9 Å². The first kappa shape index (κ1) is 16.7. The first-order valence-corrected chi connectivity index (χ1v) is 7.92. The summed E-state index contributed by atoms with van der Waals surface area (Å²) in [5.41, 5.74) is -0.0530. The van der Waals surface area contributed by atoms with Gasteiger partial charge in [0.05, 0.1) is 5.69 Å². The van der Waals surface area contributed by atoms with Crippen molar-refractivity contribution in [2.45, 2.75) is 31.9 Å². The topological polar surface area (TPSA) is 71.8 Å².